The van der Waals surface area contributed by atoms with Crippen molar-refractivity contribution in [1.29, 1.82) is 0 Å². The third-order valence-electron chi connectivity index (χ3n) is 3.49. The van der Waals surface area contributed by atoms with Crippen molar-refractivity contribution in [3.63, 3.8) is 0 Å². The molecule has 3 aromatic carbocycles. The lowest BCUT2D eigenvalue weighted by molar-refractivity contribution is 0.466. The summed E-state index contributed by atoms with van der Waals surface area (Å²) in [5.74, 6) is 0.235. The number of hydrogen-bond donors (Lipinski definition) is 2. The average molecular weight is 365 g/mol. The molecule has 0 aliphatic rings. The number of phenols is 1. The minimum absolute atomic E-state index is 0. The lowest BCUT2D eigenvalue weighted by Gasteiger charge is -2.17. The van der Waals surface area contributed by atoms with Gasteiger partial charge in [0.15, 0.2) is 0 Å². The summed E-state index contributed by atoms with van der Waals surface area (Å²) in [7, 11) is 0. The van der Waals surface area contributed by atoms with Crippen LogP contribution in [0.1, 0.15) is 17.2 Å². The zero-order valence-electron chi connectivity index (χ0n) is 11.2. The third kappa shape index (κ3) is 3.05. The van der Waals surface area contributed by atoms with Crippen LogP contribution in [0.3, 0.4) is 0 Å². The van der Waals surface area contributed by atoms with Crippen LogP contribution in [0, 0.1) is 0 Å². The predicted molar refractivity (Wildman–Crippen MR) is 93.0 cm³/mol. The van der Waals surface area contributed by atoms with Crippen LogP contribution in [0.5, 0.6) is 5.75 Å². The van der Waals surface area contributed by atoms with Crippen molar-refractivity contribution in [2.45, 2.75) is 6.04 Å². The Morgan fingerprint density at radius 2 is 1.57 bits per heavy atom. The molecule has 0 saturated heterocycles. The Bertz CT molecular complexity index is 758. The minimum atomic E-state index is -0.353. The first-order valence-corrected chi connectivity index (χ1v) is 7.18. The zero-order valence-corrected chi connectivity index (χ0v) is 13.6. The van der Waals surface area contributed by atoms with E-state index < -0.39 is 0 Å². The highest BCUT2D eigenvalue weighted by Crippen LogP contribution is 2.34. The maximum Gasteiger partial charge on any atom is 0.121 e. The Morgan fingerprint density at radius 1 is 0.905 bits per heavy atom. The van der Waals surface area contributed by atoms with E-state index in [4.69, 9.17) is 5.73 Å². The van der Waals surface area contributed by atoms with Crippen LogP contribution in [0.25, 0.3) is 10.8 Å². The minimum Gasteiger partial charge on any atom is -0.508 e. The summed E-state index contributed by atoms with van der Waals surface area (Å²) >= 11 is 3.41. The summed E-state index contributed by atoms with van der Waals surface area (Å²) in [5.41, 5.74) is 8.10. The van der Waals surface area contributed by atoms with E-state index in [1.165, 1.54) is 0 Å². The van der Waals surface area contributed by atoms with Crippen molar-refractivity contribution in [1.82, 2.24) is 0 Å². The molecule has 3 N–H and O–H groups in total. The number of aromatic hydroxyl groups is 1. The van der Waals surface area contributed by atoms with Gasteiger partial charge in [-0.2, -0.15) is 0 Å². The predicted octanol–water partition coefficient (Wildman–Crippen LogP) is 4.78. The van der Waals surface area contributed by atoms with Gasteiger partial charge in [-0.15, -0.1) is 12.4 Å². The van der Waals surface area contributed by atoms with Crippen LogP contribution in [0.4, 0.5) is 0 Å². The quantitative estimate of drug-likeness (QED) is 0.687. The van der Waals surface area contributed by atoms with Crippen molar-refractivity contribution in [2.24, 2.45) is 5.73 Å². The largest absolute Gasteiger partial charge is 0.508 e. The average Bonchev–Trinajstić information content (AvgIpc) is 2.47. The molecular weight excluding hydrogens is 350 g/mol. The van der Waals surface area contributed by atoms with E-state index >= 15 is 0 Å². The second-order valence-corrected chi connectivity index (χ2v) is 5.66. The highest BCUT2D eigenvalue weighted by Gasteiger charge is 2.16. The second-order valence-electron chi connectivity index (χ2n) is 4.75. The summed E-state index contributed by atoms with van der Waals surface area (Å²) in [6.45, 7) is 0. The fourth-order valence-corrected chi connectivity index (χ4v) is 2.71. The SMILES string of the molecule is Cl.NC(c1ccc(Br)cc1)c1c(O)ccc2ccccc12. The number of benzene rings is 3. The van der Waals surface area contributed by atoms with E-state index in [-0.39, 0.29) is 24.2 Å². The summed E-state index contributed by atoms with van der Waals surface area (Å²) in [5, 5.41) is 12.3. The molecule has 0 amide bonds. The van der Waals surface area contributed by atoms with E-state index in [0.29, 0.717) is 0 Å². The van der Waals surface area contributed by atoms with Crippen LogP contribution in [0.2, 0.25) is 0 Å². The molecule has 4 heteroatoms. The molecule has 1 atom stereocenters. The highest BCUT2D eigenvalue weighted by atomic mass is 79.9. The van der Waals surface area contributed by atoms with Gasteiger partial charge in [-0.3, -0.25) is 0 Å². The number of phenolic OH excluding ortho intramolecular Hbond substituents is 1. The van der Waals surface area contributed by atoms with Gasteiger partial charge >= 0.3 is 0 Å². The number of rotatable bonds is 2. The van der Waals surface area contributed by atoms with Gasteiger partial charge in [0.2, 0.25) is 0 Å². The second kappa shape index (κ2) is 6.48. The van der Waals surface area contributed by atoms with Gasteiger partial charge in [0.1, 0.15) is 5.75 Å². The molecule has 1 unspecified atom stereocenters. The maximum atomic E-state index is 10.2. The van der Waals surface area contributed by atoms with Crippen LogP contribution in [-0.4, -0.2) is 5.11 Å². The fourth-order valence-electron chi connectivity index (χ4n) is 2.45. The molecule has 3 rings (SSSR count). The molecule has 0 fully saturated rings. The lowest BCUT2D eigenvalue weighted by Crippen LogP contribution is -2.12. The van der Waals surface area contributed by atoms with Crippen LogP contribution in [-0.2, 0) is 0 Å². The number of halogens is 2. The van der Waals surface area contributed by atoms with Crippen LogP contribution >= 0.6 is 28.3 Å². The van der Waals surface area contributed by atoms with E-state index in [9.17, 15) is 5.11 Å². The van der Waals surface area contributed by atoms with Gasteiger partial charge in [0.05, 0.1) is 6.04 Å². The van der Waals surface area contributed by atoms with Gasteiger partial charge in [-0.25, -0.2) is 0 Å². The smallest absolute Gasteiger partial charge is 0.121 e. The van der Waals surface area contributed by atoms with Crippen molar-refractivity contribution in [3.8, 4) is 5.75 Å². The van der Waals surface area contributed by atoms with Crippen LogP contribution in [0.15, 0.2) is 65.1 Å². The third-order valence-corrected chi connectivity index (χ3v) is 4.02. The molecule has 0 bridgehead atoms. The van der Waals surface area contributed by atoms with E-state index in [0.717, 1.165) is 26.4 Å². The molecule has 0 heterocycles. The van der Waals surface area contributed by atoms with Crippen LogP contribution < -0.4 is 5.73 Å². The molecule has 0 aliphatic carbocycles. The molecule has 3 aromatic rings. The van der Waals surface area contributed by atoms with Crippen molar-refractivity contribution in [2.75, 3.05) is 0 Å². The van der Waals surface area contributed by atoms with E-state index in [1.807, 2.05) is 54.6 Å². The lowest BCUT2D eigenvalue weighted by atomic mass is 9.93. The first kappa shape index (κ1) is 15.8. The molecule has 0 aromatic heterocycles. The molecule has 21 heavy (non-hydrogen) atoms. The Morgan fingerprint density at radius 3 is 2.29 bits per heavy atom. The molecule has 2 nitrogen and oxygen atoms in total. The molecule has 108 valence electrons. The van der Waals surface area contributed by atoms with Crippen molar-refractivity contribution < 1.29 is 5.11 Å². The Kier molecular flexibility index (Phi) is 4.88. The monoisotopic (exact) mass is 363 g/mol. The summed E-state index contributed by atoms with van der Waals surface area (Å²) in [6, 6.07) is 19.1. The molecule has 0 radical (unpaired) electrons. The van der Waals surface area contributed by atoms with Gasteiger partial charge in [0, 0.05) is 10.0 Å². The van der Waals surface area contributed by atoms with Crippen molar-refractivity contribution in [3.05, 3.63) is 76.3 Å². The van der Waals surface area contributed by atoms with Gasteiger partial charge in [-0.1, -0.05) is 58.4 Å². The normalized spacial score (nSPS) is 11.9. The van der Waals surface area contributed by atoms with Crippen molar-refractivity contribution >= 4 is 39.1 Å². The molecular formula is C17H15BrClNO. The number of nitrogens with two attached hydrogens (primary N) is 1. The maximum absolute atomic E-state index is 10.2. The Hall–Kier alpha value is -1.55. The van der Waals surface area contributed by atoms with E-state index in [1.54, 1.807) is 6.07 Å². The fraction of sp³-hybridized carbons (Fsp3) is 0.0588. The zero-order chi connectivity index (χ0) is 14.1. The Balaban J connectivity index is 0.00000161. The Labute approximate surface area is 138 Å². The molecule has 0 spiro atoms. The number of hydrogen-bond acceptors (Lipinski definition) is 2. The summed E-state index contributed by atoms with van der Waals surface area (Å²) < 4.78 is 1.01. The standard InChI is InChI=1S/C17H14BrNO.ClH/c18-13-8-5-12(6-9-13)17(19)16-14-4-2-1-3-11(14)7-10-15(16)20;/h1-10,17,20H,19H2;1H. The topological polar surface area (TPSA) is 46.2 Å². The molecule has 0 saturated carbocycles. The molecule has 0 aliphatic heterocycles. The van der Waals surface area contributed by atoms with Gasteiger partial charge in [-0.05, 0) is 34.5 Å². The first-order chi connectivity index (χ1) is 9.66. The summed E-state index contributed by atoms with van der Waals surface area (Å²) in [6.07, 6.45) is 0. The highest BCUT2D eigenvalue weighted by molar-refractivity contribution is 9.10. The number of fused-ring (bicyclic) bond motifs is 1. The van der Waals surface area contributed by atoms with Gasteiger partial charge < -0.3 is 10.8 Å². The van der Waals surface area contributed by atoms with Gasteiger partial charge in [0.25, 0.3) is 0 Å². The van der Waals surface area contributed by atoms with E-state index in [2.05, 4.69) is 15.9 Å². The summed E-state index contributed by atoms with van der Waals surface area (Å²) in [4.78, 5) is 0. The first-order valence-electron chi connectivity index (χ1n) is 6.38.